The van der Waals surface area contributed by atoms with Gasteiger partial charge in [0.25, 0.3) is 5.91 Å². The molecule has 1 aromatic heterocycles. The van der Waals surface area contributed by atoms with E-state index in [9.17, 15) is 9.90 Å². The van der Waals surface area contributed by atoms with E-state index >= 15 is 0 Å². The van der Waals surface area contributed by atoms with Crippen LogP contribution in [0.5, 0.6) is 5.75 Å². The van der Waals surface area contributed by atoms with Crippen LogP contribution in [0.4, 0.5) is 0 Å². The Balaban J connectivity index is 1.50. The number of hydrazone groups is 1. The molecule has 7 heteroatoms. The summed E-state index contributed by atoms with van der Waals surface area (Å²) in [6, 6.07) is 19.1. The van der Waals surface area contributed by atoms with E-state index in [2.05, 4.69) is 10.5 Å². The standard InChI is InChI=1S/C22H14Cl2N2O3/c23-14-6-9-19(24)18(11-14)20-10-7-15(29-20)12-25-26-22(28)17-8-5-13-3-1-2-4-16(13)21(17)27/h1-12,27H,(H,26,28)/b25-12+. The van der Waals surface area contributed by atoms with Crippen LogP contribution in [0.25, 0.3) is 22.1 Å². The van der Waals surface area contributed by atoms with Crippen molar-refractivity contribution in [1.29, 1.82) is 0 Å². The van der Waals surface area contributed by atoms with E-state index in [0.29, 0.717) is 32.5 Å². The lowest BCUT2D eigenvalue weighted by molar-refractivity contribution is 0.0952. The van der Waals surface area contributed by atoms with Crippen molar-refractivity contribution in [3.05, 3.63) is 88.1 Å². The van der Waals surface area contributed by atoms with Gasteiger partial charge in [0.15, 0.2) is 0 Å². The number of carbonyl (C=O) groups excluding carboxylic acids is 1. The normalized spacial score (nSPS) is 11.2. The molecule has 0 unspecified atom stereocenters. The highest BCUT2D eigenvalue weighted by Gasteiger charge is 2.13. The van der Waals surface area contributed by atoms with Gasteiger partial charge < -0.3 is 9.52 Å². The maximum atomic E-state index is 12.4. The zero-order valence-electron chi connectivity index (χ0n) is 14.9. The molecule has 4 aromatic rings. The average Bonchev–Trinajstić information content (AvgIpc) is 3.19. The quantitative estimate of drug-likeness (QED) is 0.317. The number of nitrogens with one attached hydrogen (secondary N) is 1. The molecule has 3 aromatic carbocycles. The maximum absolute atomic E-state index is 12.4. The Morgan fingerprint density at radius 3 is 2.72 bits per heavy atom. The lowest BCUT2D eigenvalue weighted by Crippen LogP contribution is -2.17. The molecular formula is C22H14Cl2N2O3. The van der Waals surface area contributed by atoms with Crippen molar-refractivity contribution in [2.24, 2.45) is 5.10 Å². The number of hydrogen-bond acceptors (Lipinski definition) is 4. The summed E-state index contributed by atoms with van der Waals surface area (Å²) >= 11 is 12.2. The van der Waals surface area contributed by atoms with E-state index < -0.39 is 5.91 Å². The summed E-state index contributed by atoms with van der Waals surface area (Å²) < 4.78 is 5.68. The van der Waals surface area contributed by atoms with Gasteiger partial charge in [0.2, 0.25) is 0 Å². The molecule has 1 heterocycles. The van der Waals surface area contributed by atoms with Crippen LogP contribution in [0.3, 0.4) is 0 Å². The second-order valence-electron chi connectivity index (χ2n) is 6.21. The van der Waals surface area contributed by atoms with Crippen molar-refractivity contribution in [3.63, 3.8) is 0 Å². The fourth-order valence-corrected chi connectivity index (χ4v) is 3.29. The van der Waals surface area contributed by atoms with Crippen molar-refractivity contribution in [3.8, 4) is 17.1 Å². The van der Waals surface area contributed by atoms with Gasteiger partial charge in [-0.15, -0.1) is 0 Å². The average molecular weight is 425 g/mol. The van der Waals surface area contributed by atoms with Crippen LogP contribution < -0.4 is 5.43 Å². The topological polar surface area (TPSA) is 74.8 Å². The Hall–Kier alpha value is -3.28. The third-order valence-electron chi connectivity index (χ3n) is 4.32. The number of fused-ring (bicyclic) bond motifs is 1. The van der Waals surface area contributed by atoms with Crippen LogP contribution >= 0.6 is 23.2 Å². The molecule has 1 amide bonds. The SMILES string of the molecule is O=C(N/N=C/c1ccc(-c2cc(Cl)ccc2Cl)o1)c1ccc2ccccc2c1O. The first kappa shape index (κ1) is 19.1. The summed E-state index contributed by atoms with van der Waals surface area (Å²) in [5.74, 6) is 0.317. The van der Waals surface area contributed by atoms with E-state index in [4.69, 9.17) is 27.6 Å². The number of hydrogen-bond donors (Lipinski definition) is 2. The van der Waals surface area contributed by atoms with Gasteiger partial charge in [-0.3, -0.25) is 4.79 Å². The molecule has 0 saturated heterocycles. The summed E-state index contributed by atoms with van der Waals surface area (Å²) in [6.45, 7) is 0. The molecule has 0 radical (unpaired) electrons. The van der Waals surface area contributed by atoms with E-state index in [-0.39, 0.29) is 11.3 Å². The highest BCUT2D eigenvalue weighted by atomic mass is 35.5. The van der Waals surface area contributed by atoms with E-state index in [0.717, 1.165) is 5.39 Å². The molecule has 0 aliphatic carbocycles. The maximum Gasteiger partial charge on any atom is 0.275 e. The third kappa shape index (κ3) is 3.97. The number of benzene rings is 3. The molecule has 0 atom stereocenters. The first-order valence-corrected chi connectivity index (χ1v) is 9.38. The van der Waals surface area contributed by atoms with Crippen LogP contribution in [0.2, 0.25) is 10.0 Å². The van der Waals surface area contributed by atoms with Gasteiger partial charge in [-0.1, -0.05) is 53.5 Å². The summed E-state index contributed by atoms with van der Waals surface area (Å²) in [5, 5.41) is 16.7. The van der Waals surface area contributed by atoms with Crippen molar-refractivity contribution in [2.75, 3.05) is 0 Å². The largest absolute Gasteiger partial charge is 0.506 e. The van der Waals surface area contributed by atoms with Crippen LogP contribution in [0.1, 0.15) is 16.1 Å². The number of furan rings is 1. The van der Waals surface area contributed by atoms with Crippen LogP contribution in [0.15, 0.2) is 76.2 Å². The van der Waals surface area contributed by atoms with Gasteiger partial charge in [0.1, 0.15) is 17.3 Å². The zero-order valence-corrected chi connectivity index (χ0v) is 16.4. The monoisotopic (exact) mass is 424 g/mol. The number of amides is 1. The lowest BCUT2D eigenvalue weighted by Gasteiger charge is -2.06. The highest BCUT2D eigenvalue weighted by molar-refractivity contribution is 6.35. The van der Waals surface area contributed by atoms with Gasteiger partial charge in [-0.2, -0.15) is 5.10 Å². The van der Waals surface area contributed by atoms with Gasteiger partial charge in [0.05, 0.1) is 16.8 Å². The summed E-state index contributed by atoms with van der Waals surface area (Å²) in [5.41, 5.74) is 3.17. The fraction of sp³-hybridized carbons (Fsp3) is 0. The zero-order chi connectivity index (χ0) is 20.4. The minimum Gasteiger partial charge on any atom is -0.506 e. The van der Waals surface area contributed by atoms with Crippen LogP contribution in [0, 0.1) is 0 Å². The molecule has 0 aliphatic heterocycles. The van der Waals surface area contributed by atoms with Crippen molar-refractivity contribution in [2.45, 2.75) is 0 Å². The predicted octanol–water partition coefficient (Wildman–Crippen LogP) is 5.88. The number of rotatable bonds is 4. The molecule has 4 rings (SSSR count). The Bertz CT molecular complexity index is 1250. The van der Waals surface area contributed by atoms with E-state index in [1.54, 1.807) is 54.6 Å². The van der Waals surface area contributed by atoms with E-state index in [1.165, 1.54) is 6.21 Å². The highest BCUT2D eigenvalue weighted by Crippen LogP contribution is 2.31. The molecule has 0 bridgehead atoms. The number of carbonyl (C=O) groups is 1. The minimum absolute atomic E-state index is 0.0910. The predicted molar refractivity (Wildman–Crippen MR) is 115 cm³/mol. The first-order chi connectivity index (χ1) is 14.0. The smallest absolute Gasteiger partial charge is 0.275 e. The number of nitrogens with zero attached hydrogens (tertiary/aromatic N) is 1. The Morgan fingerprint density at radius 2 is 1.86 bits per heavy atom. The van der Waals surface area contributed by atoms with Gasteiger partial charge in [-0.25, -0.2) is 5.43 Å². The molecule has 0 spiro atoms. The molecular weight excluding hydrogens is 411 g/mol. The van der Waals surface area contributed by atoms with Gasteiger partial charge in [-0.05, 0) is 41.8 Å². The van der Waals surface area contributed by atoms with Crippen molar-refractivity contribution < 1.29 is 14.3 Å². The molecule has 0 saturated carbocycles. The molecule has 144 valence electrons. The van der Waals surface area contributed by atoms with Crippen molar-refractivity contribution in [1.82, 2.24) is 5.43 Å². The number of phenolic OH excluding ortho intramolecular Hbond substituents is 1. The summed E-state index contributed by atoms with van der Waals surface area (Å²) in [4.78, 5) is 12.4. The Kier molecular flexibility index (Phi) is 5.25. The van der Waals surface area contributed by atoms with E-state index in [1.807, 2.05) is 12.1 Å². The Labute approximate surface area is 176 Å². The summed E-state index contributed by atoms with van der Waals surface area (Å²) in [7, 11) is 0. The molecule has 0 fully saturated rings. The second kappa shape index (κ2) is 7.99. The third-order valence-corrected chi connectivity index (χ3v) is 4.89. The van der Waals surface area contributed by atoms with Crippen LogP contribution in [-0.4, -0.2) is 17.2 Å². The number of aromatic hydroxyl groups is 1. The lowest BCUT2D eigenvalue weighted by atomic mass is 10.1. The van der Waals surface area contributed by atoms with Gasteiger partial charge >= 0.3 is 0 Å². The Morgan fingerprint density at radius 1 is 1.03 bits per heavy atom. The summed E-state index contributed by atoms with van der Waals surface area (Å²) in [6.07, 6.45) is 1.36. The number of phenols is 1. The molecule has 2 N–H and O–H groups in total. The van der Waals surface area contributed by atoms with Gasteiger partial charge in [0, 0.05) is 16.0 Å². The second-order valence-corrected chi connectivity index (χ2v) is 7.05. The molecule has 29 heavy (non-hydrogen) atoms. The van der Waals surface area contributed by atoms with Crippen LogP contribution in [-0.2, 0) is 0 Å². The number of halogens is 2. The molecule has 0 aliphatic rings. The molecule has 5 nitrogen and oxygen atoms in total. The van der Waals surface area contributed by atoms with Crippen molar-refractivity contribution >= 4 is 46.1 Å². The minimum atomic E-state index is -0.533. The first-order valence-electron chi connectivity index (χ1n) is 8.62. The fourth-order valence-electron chi connectivity index (χ4n) is 2.91.